The number of H-pyrrole nitrogens is 1. The summed E-state index contributed by atoms with van der Waals surface area (Å²) in [7, 11) is -11.4. The number of aliphatic hydroxyl groups is 5. The van der Waals surface area contributed by atoms with Crippen LogP contribution in [0.1, 0.15) is 90.7 Å². The number of aliphatic hydroxyl groups excluding tert-OH is 5. The van der Waals surface area contributed by atoms with Crippen molar-refractivity contribution in [2.24, 2.45) is 0 Å². The first kappa shape index (κ1) is 47.0. The molecule has 0 aromatic carbocycles. The van der Waals surface area contributed by atoms with Gasteiger partial charge >= 0.3 is 27.3 Å². The van der Waals surface area contributed by atoms with Crippen molar-refractivity contribution in [1.29, 1.82) is 0 Å². The topological polar surface area (TPSA) is 332 Å². The summed E-state index contributed by atoms with van der Waals surface area (Å²) in [6.45, 7) is 1.10. The molecule has 2 aliphatic rings. The van der Waals surface area contributed by atoms with Gasteiger partial charge in [0.15, 0.2) is 18.6 Å². The number of phosphoric acid groups is 2. The van der Waals surface area contributed by atoms with Crippen molar-refractivity contribution in [3.8, 4) is 0 Å². The van der Waals surface area contributed by atoms with Gasteiger partial charge in [0.2, 0.25) is 5.91 Å². The van der Waals surface area contributed by atoms with Crippen LogP contribution >= 0.6 is 15.6 Å². The number of aromatic amines is 1. The number of carbonyl (C=O) groups excluding carboxylic acids is 2. The van der Waals surface area contributed by atoms with E-state index in [1.54, 1.807) is 0 Å². The number of phosphoric ester groups is 2. The van der Waals surface area contributed by atoms with E-state index in [0.29, 0.717) is 6.42 Å². The van der Waals surface area contributed by atoms with Crippen LogP contribution in [0.4, 0.5) is 0 Å². The predicted molar refractivity (Wildman–Crippen MR) is 187 cm³/mol. The van der Waals surface area contributed by atoms with Gasteiger partial charge < -0.3 is 54.8 Å². The summed E-state index contributed by atoms with van der Waals surface area (Å²) in [5.74, 6) is -1.88. The highest BCUT2D eigenvalue weighted by molar-refractivity contribution is 7.61. The van der Waals surface area contributed by atoms with Gasteiger partial charge in [0.1, 0.15) is 36.6 Å². The second kappa shape index (κ2) is 21.9. The monoisotopic (exact) mass is 833 g/mol. The molecule has 0 bridgehead atoms. The van der Waals surface area contributed by atoms with Gasteiger partial charge in [-0.25, -0.2) is 13.9 Å². The van der Waals surface area contributed by atoms with Crippen LogP contribution < -0.4 is 16.6 Å². The second-order valence-electron chi connectivity index (χ2n) is 13.4. The number of unbranched alkanes of at least 4 members (excludes halogenated alkanes) is 8. The van der Waals surface area contributed by atoms with E-state index >= 15 is 0 Å². The Hall–Kier alpha value is -2.40. The zero-order valence-corrected chi connectivity index (χ0v) is 32.3. The number of hydrogen-bond donors (Lipinski definition) is 9. The SMILES string of the molecule is CCCCCCCCCCC[C@@H](O)CC(=O)O[C@H]1[C@H](O)[C@@H](CO)O[C@@H](OP(=O)(O)OP(=O)(O)OC[C@H]2O[C@@H](n3ccc(=O)[nH]c3=O)[C@H](O)[C@@H]2O)[C@@H]1NC(C)=O. The van der Waals surface area contributed by atoms with Crippen LogP contribution in [0.2, 0.25) is 0 Å². The van der Waals surface area contributed by atoms with Crippen LogP contribution in [-0.4, -0.2) is 125 Å². The Balaban J connectivity index is 1.60. The number of rotatable bonds is 23. The Labute approximate surface area is 315 Å². The van der Waals surface area contributed by atoms with Crippen LogP contribution in [0, 0.1) is 0 Å². The number of aromatic nitrogens is 2. The fourth-order valence-corrected chi connectivity index (χ4v) is 8.23. The molecule has 2 aliphatic heterocycles. The zero-order valence-electron chi connectivity index (χ0n) is 30.5. The van der Waals surface area contributed by atoms with Crippen molar-refractivity contribution < 1.29 is 81.6 Å². The van der Waals surface area contributed by atoms with Crippen LogP contribution in [0.25, 0.3) is 0 Å². The number of hydrogen-bond acceptors (Lipinski definition) is 17. The van der Waals surface area contributed by atoms with Crippen LogP contribution in [0.3, 0.4) is 0 Å². The average Bonchev–Trinajstić information content (AvgIpc) is 3.37. The molecule has 24 heteroatoms. The highest BCUT2D eigenvalue weighted by Crippen LogP contribution is 2.61. The first-order valence-electron chi connectivity index (χ1n) is 18.0. The van der Waals surface area contributed by atoms with Crippen molar-refractivity contribution in [3.05, 3.63) is 33.1 Å². The minimum atomic E-state index is -5.78. The number of esters is 1. The van der Waals surface area contributed by atoms with E-state index in [4.69, 9.17) is 18.7 Å². The third-order valence-electron chi connectivity index (χ3n) is 8.84. The molecule has 1 aromatic rings. The maximum Gasteiger partial charge on any atom is 0.483 e. The van der Waals surface area contributed by atoms with E-state index in [1.807, 2.05) is 4.98 Å². The van der Waals surface area contributed by atoms with Gasteiger partial charge in [-0.2, -0.15) is 4.31 Å². The summed E-state index contributed by atoms with van der Waals surface area (Å²) >= 11 is 0. The summed E-state index contributed by atoms with van der Waals surface area (Å²) in [6.07, 6.45) is -5.37. The van der Waals surface area contributed by atoms with Crippen LogP contribution in [0.15, 0.2) is 21.9 Å². The van der Waals surface area contributed by atoms with Crippen LogP contribution in [0.5, 0.6) is 0 Å². The molecule has 0 saturated carbocycles. The maximum absolute atomic E-state index is 13.0. The standard InChI is InChI=1S/C31H53N3O19P2/c1-3-4-5-6-7-8-9-10-11-12-19(37)15-23(39)51-28-24(32-18(2)36)30(50-20(16-35)26(28)41)52-55(46,47)53-54(44,45)48-17-21-25(40)27(42)29(49-21)34-14-13-22(38)33-31(34)43/h13-14,19-21,24-30,35,37,40-42H,3-12,15-17H2,1-2H3,(H,32,36)(H,44,45)(H,46,47)(H,33,38,43)/t19-,20-,21-,24-,25-,26-,27-,28-,29-,30+/m1/s1. The van der Waals surface area contributed by atoms with Crippen molar-refractivity contribution >= 4 is 27.5 Å². The molecule has 22 nitrogen and oxygen atoms in total. The molecule has 2 unspecified atom stereocenters. The van der Waals surface area contributed by atoms with Gasteiger partial charge in [0.25, 0.3) is 5.56 Å². The van der Waals surface area contributed by atoms with Crippen molar-refractivity contribution in [2.45, 2.75) is 146 Å². The predicted octanol–water partition coefficient (Wildman–Crippen LogP) is -0.427. The molecule has 1 aromatic heterocycles. The number of carbonyl (C=O) groups is 2. The van der Waals surface area contributed by atoms with E-state index < -0.39 is 120 Å². The molecule has 3 rings (SSSR count). The highest BCUT2D eigenvalue weighted by atomic mass is 31.3. The highest BCUT2D eigenvalue weighted by Gasteiger charge is 2.52. The van der Waals surface area contributed by atoms with Gasteiger partial charge in [-0.15, -0.1) is 0 Å². The first-order chi connectivity index (χ1) is 25.9. The van der Waals surface area contributed by atoms with Crippen molar-refractivity contribution in [3.63, 3.8) is 0 Å². The Bertz CT molecular complexity index is 1590. The number of nitrogens with zero attached hydrogens (tertiary/aromatic N) is 1. The lowest BCUT2D eigenvalue weighted by Crippen LogP contribution is -2.65. The fourth-order valence-electron chi connectivity index (χ4n) is 6.07. The first-order valence-corrected chi connectivity index (χ1v) is 21.0. The molecule has 55 heavy (non-hydrogen) atoms. The lowest BCUT2D eigenvalue weighted by Gasteiger charge is -2.43. The summed E-state index contributed by atoms with van der Waals surface area (Å²) in [5.41, 5.74) is -1.78. The van der Waals surface area contributed by atoms with Gasteiger partial charge in [-0.3, -0.25) is 33.0 Å². The lowest BCUT2D eigenvalue weighted by atomic mass is 9.96. The smallest absolute Gasteiger partial charge is 0.457 e. The van der Waals surface area contributed by atoms with E-state index in [-0.39, 0.29) is 6.42 Å². The number of amides is 1. The van der Waals surface area contributed by atoms with E-state index in [1.165, 1.54) is 25.7 Å². The molecule has 316 valence electrons. The van der Waals surface area contributed by atoms with E-state index in [2.05, 4.69) is 21.1 Å². The Morgan fingerprint density at radius 3 is 2.18 bits per heavy atom. The number of nitrogens with one attached hydrogen (secondary N) is 2. The van der Waals surface area contributed by atoms with Crippen LogP contribution in [-0.2, 0) is 46.3 Å². The molecule has 9 N–H and O–H groups in total. The van der Waals surface area contributed by atoms with Crippen molar-refractivity contribution in [1.82, 2.24) is 14.9 Å². The average molecular weight is 834 g/mol. The molecule has 2 fully saturated rings. The zero-order chi connectivity index (χ0) is 40.9. The second-order valence-corrected chi connectivity index (χ2v) is 16.4. The third kappa shape index (κ3) is 14.8. The molecule has 1 amide bonds. The minimum Gasteiger partial charge on any atom is -0.457 e. The Morgan fingerprint density at radius 1 is 0.945 bits per heavy atom. The summed E-state index contributed by atoms with van der Waals surface area (Å²) in [4.78, 5) is 71.0. The molecular formula is C31H53N3O19P2. The maximum atomic E-state index is 13.0. The molecule has 0 radical (unpaired) electrons. The van der Waals surface area contributed by atoms with Gasteiger partial charge in [-0.05, 0) is 6.42 Å². The summed E-state index contributed by atoms with van der Waals surface area (Å²) < 4.78 is 56.3. The van der Waals surface area contributed by atoms with Gasteiger partial charge in [0, 0.05) is 19.2 Å². The molecule has 0 aliphatic carbocycles. The van der Waals surface area contributed by atoms with Gasteiger partial charge in [-0.1, -0.05) is 64.7 Å². The summed E-state index contributed by atoms with van der Waals surface area (Å²) in [6, 6.07) is -0.858. The van der Waals surface area contributed by atoms with Crippen molar-refractivity contribution in [2.75, 3.05) is 13.2 Å². The quantitative estimate of drug-likeness (QED) is 0.0384. The molecular weight excluding hydrogens is 780 g/mol. The van der Waals surface area contributed by atoms with E-state index in [0.717, 1.165) is 49.4 Å². The summed E-state index contributed by atoms with van der Waals surface area (Å²) in [5, 5.41) is 54.0. The molecule has 12 atom stereocenters. The Morgan fingerprint density at radius 2 is 1.58 bits per heavy atom. The van der Waals surface area contributed by atoms with Gasteiger partial charge in [0.05, 0.1) is 25.7 Å². The fraction of sp³-hybridized carbons (Fsp3) is 0.806. The third-order valence-corrected chi connectivity index (χ3v) is 11.4. The number of ether oxygens (including phenoxy) is 3. The minimum absolute atomic E-state index is 0.276. The molecule has 2 saturated heterocycles. The molecule has 3 heterocycles. The van der Waals surface area contributed by atoms with E-state index in [9.17, 15) is 63.6 Å². The lowest BCUT2D eigenvalue weighted by molar-refractivity contribution is -0.253. The largest absolute Gasteiger partial charge is 0.483 e. The normalized spacial score (nSPS) is 29.6. The Kier molecular flexibility index (Phi) is 18.7. The molecule has 0 spiro atoms.